The smallest absolute Gasteiger partial charge is 0.267 e. The predicted molar refractivity (Wildman–Crippen MR) is 71.4 cm³/mol. The van der Waals surface area contributed by atoms with E-state index in [0.717, 1.165) is 12.1 Å². The van der Waals surface area contributed by atoms with Gasteiger partial charge in [0, 0.05) is 19.3 Å². The van der Waals surface area contributed by atoms with Crippen molar-refractivity contribution >= 4 is 21.5 Å². The van der Waals surface area contributed by atoms with E-state index in [-0.39, 0.29) is 22.2 Å². The molecule has 1 heterocycles. The SMILES string of the molecule is COc1cc(F)ccc1NS(=O)(=O)c1cn(C)nc1N. The van der Waals surface area contributed by atoms with E-state index < -0.39 is 15.8 Å². The van der Waals surface area contributed by atoms with Crippen LogP contribution in [0.2, 0.25) is 0 Å². The summed E-state index contributed by atoms with van der Waals surface area (Å²) in [7, 11) is -1.07. The van der Waals surface area contributed by atoms with Crippen molar-refractivity contribution in [2.75, 3.05) is 17.6 Å². The summed E-state index contributed by atoms with van der Waals surface area (Å²) < 4.78 is 45.9. The first-order valence-electron chi connectivity index (χ1n) is 5.49. The first-order chi connectivity index (χ1) is 9.33. The molecule has 0 saturated heterocycles. The summed E-state index contributed by atoms with van der Waals surface area (Å²) >= 11 is 0. The number of rotatable bonds is 4. The zero-order chi connectivity index (χ0) is 14.9. The molecule has 3 N–H and O–H groups in total. The van der Waals surface area contributed by atoms with Crippen LogP contribution in [0, 0.1) is 5.82 Å². The maximum Gasteiger partial charge on any atom is 0.267 e. The number of hydrogen-bond donors (Lipinski definition) is 2. The van der Waals surface area contributed by atoms with E-state index in [1.54, 1.807) is 7.05 Å². The lowest BCUT2D eigenvalue weighted by Gasteiger charge is -2.11. The normalized spacial score (nSPS) is 11.3. The van der Waals surface area contributed by atoms with E-state index in [9.17, 15) is 12.8 Å². The molecule has 0 saturated carbocycles. The molecule has 1 aromatic heterocycles. The first-order valence-corrected chi connectivity index (χ1v) is 6.97. The monoisotopic (exact) mass is 300 g/mol. The van der Waals surface area contributed by atoms with E-state index in [4.69, 9.17) is 10.5 Å². The number of hydrogen-bond acceptors (Lipinski definition) is 5. The molecule has 2 aromatic rings. The maximum absolute atomic E-state index is 13.1. The number of anilines is 2. The third-order valence-electron chi connectivity index (χ3n) is 2.52. The Morgan fingerprint density at radius 3 is 2.70 bits per heavy atom. The van der Waals surface area contributed by atoms with Crippen molar-refractivity contribution in [3.63, 3.8) is 0 Å². The van der Waals surface area contributed by atoms with Gasteiger partial charge < -0.3 is 10.5 Å². The summed E-state index contributed by atoms with van der Waals surface area (Å²) in [5, 5.41) is 3.76. The summed E-state index contributed by atoms with van der Waals surface area (Å²) in [5.41, 5.74) is 5.64. The van der Waals surface area contributed by atoms with E-state index in [1.807, 2.05) is 0 Å². The average Bonchev–Trinajstić information content (AvgIpc) is 2.71. The summed E-state index contributed by atoms with van der Waals surface area (Å²) in [6.45, 7) is 0. The minimum absolute atomic E-state index is 0.0658. The fourth-order valence-corrected chi connectivity index (χ4v) is 2.82. The van der Waals surface area contributed by atoms with Crippen molar-refractivity contribution in [3.8, 4) is 5.75 Å². The van der Waals surface area contributed by atoms with Crippen molar-refractivity contribution in [2.45, 2.75) is 4.90 Å². The molecule has 108 valence electrons. The Morgan fingerprint density at radius 2 is 2.15 bits per heavy atom. The van der Waals surface area contributed by atoms with Gasteiger partial charge in [0.2, 0.25) is 0 Å². The Bertz CT molecular complexity index is 742. The lowest BCUT2D eigenvalue weighted by atomic mass is 10.3. The van der Waals surface area contributed by atoms with Crippen LogP contribution in [0.4, 0.5) is 15.9 Å². The van der Waals surface area contributed by atoms with Gasteiger partial charge in [0.05, 0.1) is 12.8 Å². The van der Waals surface area contributed by atoms with E-state index in [0.29, 0.717) is 0 Å². The quantitative estimate of drug-likeness (QED) is 0.876. The molecule has 0 aliphatic heterocycles. The summed E-state index contributed by atoms with van der Waals surface area (Å²) in [5.74, 6) is -0.595. The van der Waals surface area contributed by atoms with Gasteiger partial charge in [0.15, 0.2) is 5.82 Å². The Labute approximate surface area is 115 Å². The average molecular weight is 300 g/mol. The molecule has 0 unspecified atom stereocenters. The van der Waals surface area contributed by atoms with Crippen LogP contribution in [0.1, 0.15) is 0 Å². The number of nitrogen functional groups attached to an aromatic ring is 1. The Balaban J connectivity index is 2.41. The second kappa shape index (κ2) is 5.00. The summed E-state index contributed by atoms with van der Waals surface area (Å²) in [4.78, 5) is -0.161. The van der Waals surface area contributed by atoms with Crippen LogP contribution in [0.5, 0.6) is 5.75 Å². The number of nitrogens with two attached hydrogens (primary N) is 1. The first kappa shape index (κ1) is 14.1. The second-order valence-electron chi connectivity index (χ2n) is 4.00. The molecule has 0 aliphatic rings. The number of halogens is 1. The van der Waals surface area contributed by atoms with Gasteiger partial charge in [-0.25, -0.2) is 12.8 Å². The van der Waals surface area contributed by atoms with Crippen molar-refractivity contribution in [3.05, 3.63) is 30.2 Å². The molecule has 0 spiro atoms. The number of sulfonamides is 1. The molecule has 0 fully saturated rings. The van der Waals surface area contributed by atoms with Crippen LogP contribution in [0.15, 0.2) is 29.3 Å². The molecule has 20 heavy (non-hydrogen) atoms. The van der Waals surface area contributed by atoms with Gasteiger partial charge in [-0.1, -0.05) is 0 Å². The highest BCUT2D eigenvalue weighted by atomic mass is 32.2. The van der Waals surface area contributed by atoms with Crippen LogP contribution in [-0.2, 0) is 17.1 Å². The highest BCUT2D eigenvalue weighted by Crippen LogP contribution is 2.28. The van der Waals surface area contributed by atoms with Crippen LogP contribution >= 0.6 is 0 Å². The molecule has 0 radical (unpaired) electrons. The van der Waals surface area contributed by atoms with Gasteiger partial charge in [0.25, 0.3) is 10.0 Å². The summed E-state index contributed by atoms with van der Waals surface area (Å²) in [6, 6.07) is 3.45. The molecule has 0 aliphatic carbocycles. The number of nitrogens with one attached hydrogen (secondary N) is 1. The van der Waals surface area contributed by atoms with Crippen LogP contribution in [0.3, 0.4) is 0 Å². The lowest BCUT2D eigenvalue weighted by Crippen LogP contribution is -2.14. The van der Waals surface area contributed by atoms with Gasteiger partial charge in [-0.05, 0) is 12.1 Å². The Kier molecular flexibility index (Phi) is 3.53. The number of aromatic nitrogens is 2. The minimum atomic E-state index is -3.93. The Hall–Kier alpha value is -2.29. The standard InChI is InChI=1S/C11H13FN4O3S/c1-16-6-10(11(13)14-16)20(17,18)15-8-4-3-7(12)5-9(8)19-2/h3-6,15H,1-2H3,(H2,13,14). The van der Waals surface area contributed by atoms with E-state index in [2.05, 4.69) is 9.82 Å². The van der Waals surface area contributed by atoms with Gasteiger partial charge in [-0.3, -0.25) is 9.40 Å². The largest absolute Gasteiger partial charge is 0.494 e. The molecular weight excluding hydrogens is 287 g/mol. The molecular formula is C11H13FN4O3S. The molecule has 0 atom stereocenters. The number of ether oxygens (including phenoxy) is 1. The third kappa shape index (κ3) is 2.67. The van der Waals surface area contributed by atoms with Gasteiger partial charge in [0.1, 0.15) is 16.5 Å². The van der Waals surface area contributed by atoms with Crippen molar-refractivity contribution in [1.29, 1.82) is 0 Å². The number of methoxy groups -OCH3 is 1. The van der Waals surface area contributed by atoms with Gasteiger partial charge in [-0.2, -0.15) is 5.10 Å². The van der Waals surface area contributed by atoms with Crippen LogP contribution in [0.25, 0.3) is 0 Å². The number of nitrogens with zero attached hydrogens (tertiary/aromatic N) is 2. The molecule has 2 rings (SSSR count). The maximum atomic E-state index is 13.1. The molecule has 7 nitrogen and oxygen atoms in total. The zero-order valence-electron chi connectivity index (χ0n) is 10.8. The highest BCUT2D eigenvalue weighted by Gasteiger charge is 2.22. The second-order valence-corrected chi connectivity index (χ2v) is 5.65. The lowest BCUT2D eigenvalue weighted by molar-refractivity contribution is 0.413. The molecule has 0 amide bonds. The molecule has 9 heteroatoms. The van der Waals surface area contributed by atoms with E-state index >= 15 is 0 Å². The van der Waals surface area contributed by atoms with Crippen molar-refractivity contribution < 1.29 is 17.5 Å². The topological polar surface area (TPSA) is 99.2 Å². The molecule has 1 aromatic carbocycles. The number of benzene rings is 1. The fourth-order valence-electron chi connectivity index (χ4n) is 1.64. The fraction of sp³-hybridized carbons (Fsp3) is 0.182. The van der Waals surface area contributed by atoms with E-state index in [1.165, 1.54) is 24.1 Å². The Morgan fingerprint density at radius 1 is 1.45 bits per heavy atom. The predicted octanol–water partition coefficient (Wildman–Crippen LogP) is 0.951. The molecule has 0 bridgehead atoms. The zero-order valence-corrected chi connectivity index (χ0v) is 11.6. The minimum Gasteiger partial charge on any atom is -0.494 e. The highest BCUT2D eigenvalue weighted by molar-refractivity contribution is 7.92. The van der Waals surface area contributed by atoms with Crippen molar-refractivity contribution in [2.24, 2.45) is 7.05 Å². The summed E-state index contributed by atoms with van der Waals surface area (Å²) in [6.07, 6.45) is 1.27. The van der Waals surface area contributed by atoms with Gasteiger partial charge in [-0.15, -0.1) is 0 Å². The number of aryl methyl sites for hydroxylation is 1. The van der Waals surface area contributed by atoms with Crippen LogP contribution < -0.4 is 15.2 Å². The van der Waals surface area contributed by atoms with Gasteiger partial charge >= 0.3 is 0 Å². The van der Waals surface area contributed by atoms with Crippen LogP contribution in [-0.4, -0.2) is 25.3 Å². The third-order valence-corrected chi connectivity index (χ3v) is 3.90. The van der Waals surface area contributed by atoms with Crippen molar-refractivity contribution in [1.82, 2.24) is 9.78 Å².